The molecule has 1 amide bonds. The second-order valence-corrected chi connectivity index (χ2v) is 6.46. The van der Waals surface area contributed by atoms with Crippen molar-refractivity contribution in [3.63, 3.8) is 0 Å². The van der Waals surface area contributed by atoms with Gasteiger partial charge in [-0.05, 0) is 36.2 Å². The summed E-state index contributed by atoms with van der Waals surface area (Å²) in [5.41, 5.74) is 2.31. The van der Waals surface area contributed by atoms with Crippen LogP contribution in [0.3, 0.4) is 0 Å². The zero-order chi connectivity index (χ0) is 20.1. The number of esters is 2. The molecule has 0 radical (unpaired) electrons. The van der Waals surface area contributed by atoms with Gasteiger partial charge in [-0.3, -0.25) is 4.79 Å². The number of rotatable bonds is 6. The molecule has 0 spiro atoms. The number of carbonyl (C=O) groups excluding carboxylic acids is 3. The normalized spacial score (nSPS) is 16.3. The molecule has 6 nitrogen and oxygen atoms in total. The molecule has 3 rings (SSSR count). The number of ether oxygens (including phenoxy) is 2. The van der Waals surface area contributed by atoms with Gasteiger partial charge in [0.15, 0.2) is 6.10 Å². The maximum atomic E-state index is 12.4. The highest BCUT2D eigenvalue weighted by Crippen LogP contribution is 2.31. The van der Waals surface area contributed by atoms with Crippen molar-refractivity contribution in [2.75, 3.05) is 6.54 Å². The fourth-order valence-electron chi connectivity index (χ4n) is 2.97. The summed E-state index contributed by atoms with van der Waals surface area (Å²) in [5.74, 6) is -1.45. The van der Waals surface area contributed by atoms with Gasteiger partial charge >= 0.3 is 11.9 Å². The molecule has 1 aliphatic heterocycles. The van der Waals surface area contributed by atoms with Gasteiger partial charge in [-0.15, -0.1) is 6.58 Å². The van der Waals surface area contributed by atoms with Gasteiger partial charge in [0.25, 0.3) is 5.91 Å². The lowest BCUT2D eigenvalue weighted by Gasteiger charge is -2.25. The van der Waals surface area contributed by atoms with Crippen molar-refractivity contribution in [3.05, 3.63) is 83.4 Å². The van der Waals surface area contributed by atoms with Crippen LogP contribution in [0.2, 0.25) is 0 Å². The van der Waals surface area contributed by atoms with E-state index in [1.807, 2.05) is 30.3 Å². The SMILES string of the molecule is C=CCNC(=O)[C@H](C)OC(=O)c1ccc2c(c1)C[C@@H](c1ccccc1)OC2=O. The topological polar surface area (TPSA) is 81.7 Å². The summed E-state index contributed by atoms with van der Waals surface area (Å²) in [4.78, 5) is 36.6. The van der Waals surface area contributed by atoms with Crippen LogP contribution < -0.4 is 5.32 Å². The van der Waals surface area contributed by atoms with Crippen molar-refractivity contribution < 1.29 is 23.9 Å². The van der Waals surface area contributed by atoms with Crippen LogP contribution in [0.5, 0.6) is 0 Å². The minimum Gasteiger partial charge on any atom is -0.454 e. The highest BCUT2D eigenvalue weighted by Gasteiger charge is 2.28. The molecule has 0 saturated carbocycles. The number of amides is 1. The lowest BCUT2D eigenvalue weighted by molar-refractivity contribution is -0.128. The smallest absolute Gasteiger partial charge is 0.339 e. The van der Waals surface area contributed by atoms with Crippen LogP contribution in [-0.4, -0.2) is 30.5 Å². The van der Waals surface area contributed by atoms with E-state index in [0.29, 0.717) is 24.1 Å². The molecule has 0 unspecified atom stereocenters. The number of benzene rings is 2. The number of hydrogen-bond acceptors (Lipinski definition) is 5. The van der Waals surface area contributed by atoms with Gasteiger partial charge in [0.05, 0.1) is 11.1 Å². The van der Waals surface area contributed by atoms with Crippen molar-refractivity contribution in [3.8, 4) is 0 Å². The monoisotopic (exact) mass is 379 g/mol. The zero-order valence-electron chi connectivity index (χ0n) is 15.5. The van der Waals surface area contributed by atoms with E-state index in [0.717, 1.165) is 5.56 Å². The first-order chi connectivity index (χ1) is 13.5. The van der Waals surface area contributed by atoms with E-state index in [4.69, 9.17) is 9.47 Å². The van der Waals surface area contributed by atoms with Crippen LogP contribution in [0.4, 0.5) is 0 Å². The molecule has 1 heterocycles. The number of fused-ring (bicyclic) bond motifs is 1. The van der Waals surface area contributed by atoms with E-state index in [1.54, 1.807) is 12.1 Å². The van der Waals surface area contributed by atoms with E-state index in [-0.39, 0.29) is 5.56 Å². The van der Waals surface area contributed by atoms with E-state index in [2.05, 4.69) is 11.9 Å². The third-order valence-electron chi connectivity index (χ3n) is 4.46. The molecule has 2 atom stereocenters. The summed E-state index contributed by atoms with van der Waals surface area (Å²) < 4.78 is 10.7. The molecule has 28 heavy (non-hydrogen) atoms. The summed E-state index contributed by atoms with van der Waals surface area (Å²) in [7, 11) is 0. The maximum absolute atomic E-state index is 12.4. The molecule has 2 aromatic rings. The molecule has 0 bridgehead atoms. The quantitative estimate of drug-likeness (QED) is 0.616. The first-order valence-electron chi connectivity index (χ1n) is 8.98. The third-order valence-corrected chi connectivity index (χ3v) is 4.46. The third kappa shape index (κ3) is 4.28. The van der Waals surface area contributed by atoms with Crippen LogP contribution in [-0.2, 0) is 20.7 Å². The largest absolute Gasteiger partial charge is 0.454 e. The van der Waals surface area contributed by atoms with Crippen LogP contribution in [0.25, 0.3) is 0 Å². The zero-order valence-corrected chi connectivity index (χ0v) is 15.5. The maximum Gasteiger partial charge on any atom is 0.339 e. The molecule has 0 fully saturated rings. The lowest BCUT2D eigenvalue weighted by atomic mass is 9.93. The second kappa shape index (κ2) is 8.52. The molecule has 1 N–H and O–H groups in total. The van der Waals surface area contributed by atoms with Crippen LogP contribution in [0.15, 0.2) is 61.2 Å². The first kappa shape index (κ1) is 19.4. The Morgan fingerprint density at radius 2 is 2.04 bits per heavy atom. The van der Waals surface area contributed by atoms with E-state index < -0.39 is 30.1 Å². The molecule has 144 valence electrons. The van der Waals surface area contributed by atoms with E-state index in [1.165, 1.54) is 19.1 Å². The average molecular weight is 379 g/mol. The molecular formula is C22H21NO5. The van der Waals surface area contributed by atoms with Crippen LogP contribution in [0, 0.1) is 0 Å². The van der Waals surface area contributed by atoms with Gasteiger partial charge in [-0.1, -0.05) is 36.4 Å². The predicted octanol–water partition coefficient (Wildman–Crippen LogP) is 2.99. The Bertz CT molecular complexity index is 906. The Balaban J connectivity index is 1.75. The van der Waals surface area contributed by atoms with Gasteiger partial charge in [-0.2, -0.15) is 0 Å². The fourth-order valence-corrected chi connectivity index (χ4v) is 2.97. The molecule has 0 aromatic heterocycles. The van der Waals surface area contributed by atoms with E-state index >= 15 is 0 Å². The summed E-state index contributed by atoms with van der Waals surface area (Å²) in [6.45, 7) is 5.31. The average Bonchev–Trinajstić information content (AvgIpc) is 2.72. The minimum atomic E-state index is -0.939. The molecular weight excluding hydrogens is 358 g/mol. The number of cyclic esters (lactones) is 1. The fraction of sp³-hybridized carbons (Fsp3) is 0.227. The van der Waals surface area contributed by atoms with Crippen LogP contribution in [0.1, 0.15) is 44.9 Å². The van der Waals surface area contributed by atoms with Crippen LogP contribution >= 0.6 is 0 Å². The molecule has 6 heteroatoms. The lowest BCUT2D eigenvalue weighted by Crippen LogP contribution is -2.35. The summed E-state index contributed by atoms with van der Waals surface area (Å²) >= 11 is 0. The van der Waals surface area contributed by atoms with E-state index in [9.17, 15) is 14.4 Å². The van der Waals surface area contributed by atoms with Crippen molar-refractivity contribution >= 4 is 17.8 Å². The van der Waals surface area contributed by atoms with Gasteiger partial charge in [0.2, 0.25) is 0 Å². The van der Waals surface area contributed by atoms with Crippen molar-refractivity contribution in [1.29, 1.82) is 0 Å². The highest BCUT2D eigenvalue weighted by molar-refractivity contribution is 5.96. The Kier molecular flexibility index (Phi) is 5.89. The molecule has 1 aliphatic rings. The van der Waals surface area contributed by atoms with Crippen molar-refractivity contribution in [2.45, 2.75) is 25.6 Å². The number of carbonyl (C=O) groups is 3. The second-order valence-electron chi connectivity index (χ2n) is 6.46. The summed E-state index contributed by atoms with van der Waals surface area (Å²) in [5, 5.41) is 2.57. The van der Waals surface area contributed by atoms with Crippen molar-refractivity contribution in [1.82, 2.24) is 5.32 Å². The summed E-state index contributed by atoms with van der Waals surface area (Å²) in [6, 6.07) is 14.1. The predicted molar refractivity (Wildman–Crippen MR) is 103 cm³/mol. The Hall–Kier alpha value is -3.41. The number of hydrogen-bond donors (Lipinski definition) is 1. The first-order valence-corrected chi connectivity index (χ1v) is 8.98. The highest BCUT2D eigenvalue weighted by atomic mass is 16.6. The van der Waals surface area contributed by atoms with Crippen molar-refractivity contribution in [2.24, 2.45) is 0 Å². The van der Waals surface area contributed by atoms with Gasteiger partial charge in [0, 0.05) is 13.0 Å². The van der Waals surface area contributed by atoms with Gasteiger partial charge < -0.3 is 14.8 Å². The molecule has 0 saturated heterocycles. The number of nitrogens with one attached hydrogen (secondary N) is 1. The van der Waals surface area contributed by atoms with Gasteiger partial charge in [-0.25, -0.2) is 9.59 Å². The Morgan fingerprint density at radius 3 is 2.75 bits per heavy atom. The minimum absolute atomic E-state index is 0.281. The molecule has 0 aliphatic carbocycles. The summed E-state index contributed by atoms with van der Waals surface area (Å²) in [6.07, 6.45) is 0.654. The van der Waals surface area contributed by atoms with Gasteiger partial charge in [0.1, 0.15) is 6.10 Å². The molecule has 2 aromatic carbocycles. The Morgan fingerprint density at radius 1 is 1.29 bits per heavy atom. The Labute approximate surface area is 163 Å². The standard InChI is InChI=1S/C22H21NO5/c1-3-11-23-20(24)14(2)27-21(25)16-9-10-18-17(12-16)13-19(28-22(18)26)15-7-5-4-6-8-15/h3-10,12,14,19H,1,11,13H2,2H3,(H,23,24)/t14-,19-/m0/s1.